The van der Waals surface area contributed by atoms with Gasteiger partial charge in [-0.15, -0.1) is 0 Å². The Balaban J connectivity index is 1.40. The predicted octanol–water partition coefficient (Wildman–Crippen LogP) is 4.11. The van der Waals surface area contributed by atoms with Crippen molar-refractivity contribution in [2.75, 3.05) is 36.4 Å². The van der Waals surface area contributed by atoms with Crippen molar-refractivity contribution >= 4 is 28.2 Å². The van der Waals surface area contributed by atoms with Gasteiger partial charge in [0.25, 0.3) is 0 Å². The lowest BCUT2D eigenvalue weighted by molar-refractivity contribution is 0.428. The second-order valence-electron chi connectivity index (χ2n) is 8.22. The standard InChI is InChI=1S/C25H25FN8O/c1-3-34-16(2)12-18-20(34)5-6-21(23(18)26)35-25-19(13-27)24(30-15-31-25)32-22-7-4-17(14-29-22)33-10-8-28-9-11-33/h4-7,12,14-15,28H,3,8-11H2,1-2H3,(H,29,30,31,32). The van der Waals surface area contributed by atoms with Crippen molar-refractivity contribution in [3.8, 4) is 17.7 Å². The first-order valence-corrected chi connectivity index (χ1v) is 11.5. The molecule has 0 saturated carbocycles. The fraction of sp³-hybridized carbons (Fsp3) is 0.280. The van der Waals surface area contributed by atoms with Crippen molar-refractivity contribution in [3.05, 3.63) is 59.9 Å². The number of hydrogen-bond donors (Lipinski definition) is 2. The highest BCUT2D eigenvalue weighted by molar-refractivity contribution is 5.84. The van der Waals surface area contributed by atoms with E-state index >= 15 is 4.39 Å². The molecular weight excluding hydrogens is 447 g/mol. The van der Waals surface area contributed by atoms with Crippen molar-refractivity contribution in [2.24, 2.45) is 0 Å². The number of aromatic nitrogens is 4. The van der Waals surface area contributed by atoms with Crippen LogP contribution in [0.1, 0.15) is 18.2 Å². The number of nitriles is 1. The number of ether oxygens (including phenoxy) is 1. The Morgan fingerprint density at radius 3 is 2.71 bits per heavy atom. The molecule has 0 unspecified atom stereocenters. The maximum atomic E-state index is 15.3. The van der Waals surface area contributed by atoms with E-state index in [1.807, 2.05) is 30.5 Å². The molecule has 0 radical (unpaired) electrons. The molecule has 9 nitrogen and oxygen atoms in total. The minimum Gasteiger partial charge on any atom is -0.434 e. The average Bonchev–Trinajstić information content (AvgIpc) is 3.22. The molecule has 10 heteroatoms. The topological polar surface area (TPSA) is 104 Å². The van der Waals surface area contributed by atoms with Crippen molar-refractivity contribution in [1.82, 2.24) is 24.8 Å². The largest absolute Gasteiger partial charge is 0.434 e. The zero-order chi connectivity index (χ0) is 24.4. The van der Waals surface area contributed by atoms with Gasteiger partial charge in [0.1, 0.15) is 18.2 Å². The average molecular weight is 473 g/mol. The lowest BCUT2D eigenvalue weighted by Crippen LogP contribution is -2.43. The first-order chi connectivity index (χ1) is 17.1. The van der Waals surface area contributed by atoms with Crippen molar-refractivity contribution in [2.45, 2.75) is 20.4 Å². The molecule has 5 rings (SSSR count). The maximum absolute atomic E-state index is 15.3. The van der Waals surface area contributed by atoms with E-state index in [0.717, 1.165) is 49.6 Å². The number of hydrogen-bond acceptors (Lipinski definition) is 8. The van der Waals surface area contributed by atoms with Gasteiger partial charge in [-0.3, -0.25) is 0 Å². The van der Waals surface area contributed by atoms with E-state index in [4.69, 9.17) is 4.74 Å². The van der Waals surface area contributed by atoms with E-state index in [-0.39, 0.29) is 23.0 Å². The Hall–Kier alpha value is -4.23. The number of aryl methyl sites for hydroxylation is 2. The number of nitrogens with zero attached hydrogens (tertiary/aromatic N) is 6. The van der Waals surface area contributed by atoms with Gasteiger partial charge in [-0.2, -0.15) is 5.26 Å². The lowest BCUT2D eigenvalue weighted by atomic mass is 10.2. The lowest BCUT2D eigenvalue weighted by Gasteiger charge is -2.29. The van der Waals surface area contributed by atoms with E-state index < -0.39 is 5.82 Å². The molecule has 0 bridgehead atoms. The van der Waals surface area contributed by atoms with E-state index in [1.165, 1.54) is 6.33 Å². The zero-order valence-corrected chi connectivity index (χ0v) is 19.5. The monoisotopic (exact) mass is 472 g/mol. The molecule has 1 saturated heterocycles. The van der Waals surface area contributed by atoms with Gasteiger partial charge < -0.3 is 24.8 Å². The number of anilines is 3. The van der Waals surface area contributed by atoms with Crippen molar-refractivity contribution in [1.29, 1.82) is 5.26 Å². The number of piperazine rings is 1. The Morgan fingerprint density at radius 2 is 2.00 bits per heavy atom. The van der Waals surface area contributed by atoms with Crippen LogP contribution in [0.4, 0.5) is 21.7 Å². The molecule has 0 aliphatic carbocycles. The second-order valence-corrected chi connectivity index (χ2v) is 8.22. The molecular formula is C25H25FN8O. The Morgan fingerprint density at radius 1 is 1.17 bits per heavy atom. The van der Waals surface area contributed by atoms with Crippen LogP contribution in [-0.2, 0) is 6.54 Å². The Bertz CT molecular complexity index is 1400. The van der Waals surface area contributed by atoms with E-state index in [0.29, 0.717) is 11.2 Å². The summed E-state index contributed by atoms with van der Waals surface area (Å²) in [5.41, 5.74) is 2.83. The van der Waals surface area contributed by atoms with Gasteiger partial charge in [0.05, 0.1) is 17.4 Å². The number of nitrogens with one attached hydrogen (secondary N) is 2. The van der Waals surface area contributed by atoms with Crippen LogP contribution in [0.2, 0.25) is 0 Å². The van der Waals surface area contributed by atoms with E-state index in [9.17, 15) is 5.26 Å². The number of halogens is 1. The molecule has 35 heavy (non-hydrogen) atoms. The van der Waals surface area contributed by atoms with E-state index in [1.54, 1.807) is 24.4 Å². The maximum Gasteiger partial charge on any atom is 0.242 e. The highest BCUT2D eigenvalue weighted by Crippen LogP contribution is 2.34. The minimum atomic E-state index is -0.500. The Labute approximate surface area is 202 Å². The van der Waals surface area contributed by atoms with Gasteiger partial charge >= 0.3 is 0 Å². The summed E-state index contributed by atoms with van der Waals surface area (Å²) in [5.74, 6) is 0.209. The third-order valence-electron chi connectivity index (χ3n) is 6.11. The summed E-state index contributed by atoms with van der Waals surface area (Å²) in [5, 5.41) is 16.6. The molecule has 2 N–H and O–H groups in total. The van der Waals surface area contributed by atoms with Gasteiger partial charge in [0, 0.05) is 43.8 Å². The summed E-state index contributed by atoms with van der Waals surface area (Å²) in [7, 11) is 0. The Kier molecular flexibility index (Phi) is 6.16. The molecule has 0 amide bonds. The van der Waals surface area contributed by atoms with Crippen LogP contribution in [0.5, 0.6) is 11.6 Å². The summed E-state index contributed by atoms with van der Waals surface area (Å²) < 4.78 is 23.1. The summed E-state index contributed by atoms with van der Waals surface area (Å²) in [6.07, 6.45) is 3.05. The van der Waals surface area contributed by atoms with Crippen LogP contribution in [0.15, 0.2) is 42.9 Å². The number of benzene rings is 1. The third-order valence-corrected chi connectivity index (χ3v) is 6.11. The fourth-order valence-electron chi connectivity index (χ4n) is 4.35. The normalized spacial score (nSPS) is 13.6. The summed E-state index contributed by atoms with van der Waals surface area (Å²) in [6.45, 7) is 8.40. The molecule has 0 atom stereocenters. The molecule has 0 spiro atoms. The van der Waals surface area contributed by atoms with Crippen LogP contribution in [0, 0.1) is 24.1 Å². The minimum absolute atomic E-state index is 0.00889. The number of fused-ring (bicyclic) bond motifs is 1. The molecule has 4 heterocycles. The van der Waals surface area contributed by atoms with Crippen LogP contribution < -0.4 is 20.3 Å². The fourth-order valence-corrected chi connectivity index (χ4v) is 4.35. The molecule has 1 aliphatic rings. The predicted molar refractivity (Wildman–Crippen MR) is 132 cm³/mol. The zero-order valence-electron chi connectivity index (χ0n) is 19.5. The van der Waals surface area contributed by atoms with Crippen LogP contribution in [0.3, 0.4) is 0 Å². The molecule has 1 aliphatic heterocycles. The quantitative estimate of drug-likeness (QED) is 0.432. The van der Waals surface area contributed by atoms with Crippen LogP contribution in [0.25, 0.3) is 10.9 Å². The second kappa shape index (κ2) is 9.56. The molecule has 178 valence electrons. The van der Waals surface area contributed by atoms with Crippen LogP contribution in [-0.4, -0.2) is 45.7 Å². The van der Waals surface area contributed by atoms with E-state index in [2.05, 4.69) is 36.6 Å². The summed E-state index contributed by atoms with van der Waals surface area (Å²) in [6, 6.07) is 11.0. The molecule has 1 fully saturated rings. The summed E-state index contributed by atoms with van der Waals surface area (Å²) in [4.78, 5) is 15.0. The van der Waals surface area contributed by atoms with Gasteiger partial charge in [-0.05, 0) is 44.2 Å². The van der Waals surface area contributed by atoms with Gasteiger partial charge in [0.2, 0.25) is 5.88 Å². The first-order valence-electron chi connectivity index (χ1n) is 11.5. The SMILES string of the molecule is CCn1c(C)cc2c(F)c(Oc3ncnc(Nc4ccc(N5CCNCC5)cn4)c3C#N)ccc21. The third kappa shape index (κ3) is 4.34. The number of pyridine rings is 1. The van der Waals surface area contributed by atoms with Crippen LogP contribution >= 0.6 is 0 Å². The highest BCUT2D eigenvalue weighted by Gasteiger charge is 2.19. The molecule has 4 aromatic rings. The van der Waals surface area contributed by atoms with Gasteiger partial charge in [-0.1, -0.05) is 0 Å². The highest BCUT2D eigenvalue weighted by atomic mass is 19.1. The van der Waals surface area contributed by atoms with Gasteiger partial charge in [0.15, 0.2) is 22.9 Å². The first kappa shape index (κ1) is 22.6. The number of rotatable bonds is 6. The van der Waals surface area contributed by atoms with Crippen molar-refractivity contribution in [3.63, 3.8) is 0 Å². The molecule has 3 aromatic heterocycles. The summed E-state index contributed by atoms with van der Waals surface area (Å²) >= 11 is 0. The van der Waals surface area contributed by atoms with Gasteiger partial charge in [-0.25, -0.2) is 19.3 Å². The molecule has 1 aromatic carbocycles. The van der Waals surface area contributed by atoms with Crippen molar-refractivity contribution < 1.29 is 9.13 Å². The smallest absolute Gasteiger partial charge is 0.242 e.